The van der Waals surface area contributed by atoms with Crippen molar-refractivity contribution >= 4 is 5.97 Å². The summed E-state index contributed by atoms with van der Waals surface area (Å²) in [4.78, 5) is 11.2. The van der Waals surface area contributed by atoms with E-state index in [9.17, 15) is 4.79 Å². The van der Waals surface area contributed by atoms with E-state index in [4.69, 9.17) is 18.9 Å². The normalized spacial score (nSPS) is 29.3. The Morgan fingerprint density at radius 2 is 2.00 bits per heavy atom. The summed E-state index contributed by atoms with van der Waals surface area (Å²) in [5.74, 6) is -0.333. The fourth-order valence-electron chi connectivity index (χ4n) is 2.77. The van der Waals surface area contributed by atoms with E-state index in [2.05, 4.69) is 0 Å². The molecule has 0 spiro atoms. The molecule has 0 amide bonds. The van der Waals surface area contributed by atoms with Gasteiger partial charge in [0.25, 0.3) is 0 Å². The van der Waals surface area contributed by atoms with Crippen molar-refractivity contribution in [1.82, 2.24) is 0 Å². The lowest BCUT2D eigenvalue weighted by Crippen LogP contribution is -2.34. The van der Waals surface area contributed by atoms with Crippen LogP contribution in [0, 0.1) is 5.92 Å². The number of carbonyl (C=O) groups is 1. The highest BCUT2D eigenvalue weighted by molar-refractivity contribution is 5.66. The molecule has 5 heteroatoms. The second kappa shape index (κ2) is 7.72. The SMILES string of the molecule is CO[C@H]1O[C@H]([C@@H](C)OCc2ccccc2)[C@@H](C)[C@@H]1OC(C)=O. The third-order valence-corrected chi connectivity index (χ3v) is 3.95. The van der Waals surface area contributed by atoms with Gasteiger partial charge in [0.1, 0.15) is 0 Å². The topological polar surface area (TPSA) is 54.0 Å². The van der Waals surface area contributed by atoms with E-state index < -0.39 is 12.4 Å². The van der Waals surface area contributed by atoms with Crippen LogP contribution in [-0.4, -0.2) is 37.7 Å². The highest BCUT2D eigenvalue weighted by Gasteiger charge is 2.46. The maximum absolute atomic E-state index is 11.2. The minimum Gasteiger partial charge on any atom is -0.457 e. The molecule has 1 aromatic carbocycles. The van der Waals surface area contributed by atoms with E-state index in [0.717, 1.165) is 5.56 Å². The molecule has 1 aromatic rings. The number of carbonyl (C=O) groups excluding carboxylic acids is 1. The van der Waals surface area contributed by atoms with E-state index >= 15 is 0 Å². The van der Waals surface area contributed by atoms with Crippen LogP contribution in [0.3, 0.4) is 0 Å². The van der Waals surface area contributed by atoms with Gasteiger partial charge in [-0.3, -0.25) is 4.79 Å². The molecule has 1 saturated heterocycles. The van der Waals surface area contributed by atoms with Crippen LogP contribution < -0.4 is 0 Å². The first-order chi connectivity index (χ1) is 10.5. The lowest BCUT2D eigenvalue weighted by Gasteiger charge is -2.23. The lowest BCUT2D eigenvalue weighted by atomic mass is 9.97. The van der Waals surface area contributed by atoms with Crippen molar-refractivity contribution in [1.29, 1.82) is 0 Å². The fraction of sp³-hybridized carbons (Fsp3) is 0.588. The summed E-state index contributed by atoms with van der Waals surface area (Å²) < 4.78 is 22.4. The smallest absolute Gasteiger partial charge is 0.303 e. The zero-order valence-corrected chi connectivity index (χ0v) is 13.5. The van der Waals surface area contributed by atoms with Gasteiger partial charge in [0.05, 0.1) is 18.8 Å². The number of methoxy groups -OCH3 is 1. The van der Waals surface area contributed by atoms with Gasteiger partial charge >= 0.3 is 5.97 Å². The third-order valence-electron chi connectivity index (χ3n) is 3.95. The predicted molar refractivity (Wildman–Crippen MR) is 81.1 cm³/mol. The van der Waals surface area contributed by atoms with Crippen LogP contribution in [0.15, 0.2) is 30.3 Å². The number of hydrogen-bond donors (Lipinski definition) is 0. The van der Waals surface area contributed by atoms with Gasteiger partial charge in [0, 0.05) is 20.0 Å². The average Bonchev–Trinajstić information content (AvgIpc) is 2.82. The van der Waals surface area contributed by atoms with Crippen LogP contribution in [-0.2, 0) is 30.3 Å². The Hall–Kier alpha value is -1.43. The van der Waals surface area contributed by atoms with Crippen LogP contribution in [0.5, 0.6) is 0 Å². The molecule has 22 heavy (non-hydrogen) atoms. The molecule has 0 bridgehead atoms. The van der Waals surface area contributed by atoms with E-state index in [1.807, 2.05) is 44.2 Å². The molecule has 2 rings (SSSR count). The molecular weight excluding hydrogens is 284 g/mol. The van der Waals surface area contributed by atoms with Gasteiger partial charge in [-0.25, -0.2) is 0 Å². The molecule has 1 aliphatic heterocycles. The van der Waals surface area contributed by atoms with Crippen molar-refractivity contribution in [2.45, 2.75) is 52.0 Å². The molecule has 0 aromatic heterocycles. The average molecular weight is 308 g/mol. The van der Waals surface area contributed by atoms with Gasteiger partial charge in [-0.2, -0.15) is 0 Å². The number of hydrogen-bond acceptors (Lipinski definition) is 5. The molecule has 1 fully saturated rings. The number of benzene rings is 1. The van der Waals surface area contributed by atoms with E-state index in [1.54, 1.807) is 7.11 Å². The summed E-state index contributed by atoms with van der Waals surface area (Å²) in [6.07, 6.45) is -1.27. The summed E-state index contributed by atoms with van der Waals surface area (Å²) in [7, 11) is 1.55. The maximum atomic E-state index is 11.2. The first-order valence-corrected chi connectivity index (χ1v) is 7.54. The van der Waals surface area contributed by atoms with Crippen molar-refractivity contribution in [3.8, 4) is 0 Å². The summed E-state index contributed by atoms with van der Waals surface area (Å²) in [6.45, 7) is 5.86. The Labute approximate surface area is 131 Å². The Balaban J connectivity index is 1.94. The Morgan fingerprint density at radius 3 is 2.59 bits per heavy atom. The van der Waals surface area contributed by atoms with Crippen molar-refractivity contribution in [2.75, 3.05) is 7.11 Å². The monoisotopic (exact) mass is 308 g/mol. The first kappa shape index (κ1) is 16.9. The van der Waals surface area contributed by atoms with Gasteiger partial charge < -0.3 is 18.9 Å². The van der Waals surface area contributed by atoms with Crippen LogP contribution in [0.25, 0.3) is 0 Å². The summed E-state index contributed by atoms with van der Waals surface area (Å²) in [6, 6.07) is 9.98. The molecule has 5 nitrogen and oxygen atoms in total. The quantitative estimate of drug-likeness (QED) is 0.756. The molecule has 0 unspecified atom stereocenters. The molecule has 1 aliphatic rings. The second-order valence-corrected chi connectivity index (χ2v) is 5.64. The van der Waals surface area contributed by atoms with E-state index in [0.29, 0.717) is 6.61 Å². The highest BCUT2D eigenvalue weighted by atomic mass is 16.7. The summed E-state index contributed by atoms with van der Waals surface area (Å²) in [5.41, 5.74) is 1.11. The summed E-state index contributed by atoms with van der Waals surface area (Å²) in [5, 5.41) is 0. The maximum Gasteiger partial charge on any atom is 0.303 e. The zero-order chi connectivity index (χ0) is 16.1. The van der Waals surface area contributed by atoms with E-state index in [-0.39, 0.29) is 24.1 Å². The molecule has 0 radical (unpaired) electrons. The van der Waals surface area contributed by atoms with Crippen molar-refractivity contribution in [3.05, 3.63) is 35.9 Å². The number of ether oxygens (including phenoxy) is 4. The van der Waals surface area contributed by atoms with Gasteiger partial charge in [-0.15, -0.1) is 0 Å². The molecule has 5 atom stereocenters. The molecule has 122 valence electrons. The third kappa shape index (κ3) is 4.06. The molecular formula is C17H24O5. The van der Waals surface area contributed by atoms with Crippen LogP contribution in [0.2, 0.25) is 0 Å². The summed E-state index contributed by atoms with van der Waals surface area (Å²) >= 11 is 0. The van der Waals surface area contributed by atoms with Crippen LogP contribution in [0.1, 0.15) is 26.3 Å². The second-order valence-electron chi connectivity index (χ2n) is 5.64. The standard InChI is InChI=1S/C17H24O5/c1-11-15(22-17(19-4)16(11)21-13(3)18)12(2)20-10-14-8-6-5-7-9-14/h5-9,11-12,15-17H,10H2,1-4H3/t11-,12-,15+,16+,17+/m1/s1. The minimum absolute atomic E-state index is 0.000349. The van der Waals surface area contributed by atoms with Gasteiger partial charge in [-0.05, 0) is 12.5 Å². The van der Waals surface area contributed by atoms with Crippen molar-refractivity contribution in [2.24, 2.45) is 5.92 Å². The molecule has 1 heterocycles. The largest absolute Gasteiger partial charge is 0.457 e. The number of esters is 1. The zero-order valence-electron chi connectivity index (χ0n) is 13.5. The Bertz CT molecular complexity index is 475. The number of rotatable bonds is 6. The van der Waals surface area contributed by atoms with Gasteiger partial charge in [0.2, 0.25) is 0 Å². The van der Waals surface area contributed by atoms with Gasteiger partial charge in [-0.1, -0.05) is 37.3 Å². The Kier molecular flexibility index (Phi) is 5.94. The minimum atomic E-state index is -0.549. The first-order valence-electron chi connectivity index (χ1n) is 7.54. The predicted octanol–water partition coefficient (Wildman–Crippen LogP) is 2.53. The lowest BCUT2D eigenvalue weighted by molar-refractivity contribution is -0.184. The van der Waals surface area contributed by atoms with Gasteiger partial charge in [0.15, 0.2) is 12.4 Å². The highest BCUT2D eigenvalue weighted by Crippen LogP contribution is 2.32. The van der Waals surface area contributed by atoms with Crippen LogP contribution >= 0.6 is 0 Å². The van der Waals surface area contributed by atoms with Crippen molar-refractivity contribution < 1.29 is 23.7 Å². The van der Waals surface area contributed by atoms with Crippen molar-refractivity contribution in [3.63, 3.8) is 0 Å². The molecule has 0 saturated carbocycles. The Morgan fingerprint density at radius 1 is 1.32 bits per heavy atom. The van der Waals surface area contributed by atoms with Crippen LogP contribution in [0.4, 0.5) is 0 Å². The molecule has 0 aliphatic carbocycles. The fourth-order valence-corrected chi connectivity index (χ4v) is 2.77. The van der Waals surface area contributed by atoms with E-state index in [1.165, 1.54) is 6.92 Å². The molecule has 0 N–H and O–H groups in total.